The summed E-state index contributed by atoms with van der Waals surface area (Å²) >= 11 is 0. The molecule has 0 aliphatic carbocycles. The molecule has 2 rings (SSSR count). The van der Waals surface area contributed by atoms with Crippen LogP contribution in [0.4, 0.5) is 0 Å². The highest BCUT2D eigenvalue weighted by Crippen LogP contribution is 2.09. The van der Waals surface area contributed by atoms with Gasteiger partial charge in [-0.3, -0.25) is 4.40 Å². The molecule has 2 aromatic heterocycles. The van der Waals surface area contributed by atoms with Crippen LogP contribution in [0.25, 0.3) is 5.65 Å². The maximum absolute atomic E-state index is 5.73. The van der Waals surface area contributed by atoms with Gasteiger partial charge in [-0.2, -0.15) is 0 Å². The number of nitrogens with zero attached hydrogens (tertiary/aromatic N) is 3. The molecule has 0 aromatic carbocycles. The molecule has 0 fully saturated rings. The number of rotatable bonds is 2. The van der Waals surface area contributed by atoms with Crippen molar-refractivity contribution in [2.45, 2.75) is 26.3 Å². The third-order valence-electron chi connectivity index (χ3n) is 2.21. The summed E-state index contributed by atoms with van der Waals surface area (Å²) in [5.74, 6) is 0.929. The Hall–Kier alpha value is -1.42. The first-order valence-electron chi connectivity index (χ1n) is 4.73. The van der Waals surface area contributed by atoms with Gasteiger partial charge in [-0.05, 0) is 25.5 Å². The van der Waals surface area contributed by atoms with Gasteiger partial charge in [0.1, 0.15) is 5.82 Å². The molecule has 0 amide bonds. The number of hydrogen-bond acceptors (Lipinski definition) is 3. The highest BCUT2D eigenvalue weighted by Gasteiger charge is 2.07. The predicted molar refractivity (Wildman–Crippen MR) is 55.1 cm³/mol. The van der Waals surface area contributed by atoms with E-state index >= 15 is 0 Å². The first-order valence-corrected chi connectivity index (χ1v) is 4.73. The monoisotopic (exact) mass is 190 g/mol. The van der Waals surface area contributed by atoms with Crippen molar-refractivity contribution < 1.29 is 0 Å². The largest absolute Gasteiger partial charge is 0.328 e. The summed E-state index contributed by atoms with van der Waals surface area (Å²) in [5.41, 5.74) is 7.79. The van der Waals surface area contributed by atoms with Crippen LogP contribution < -0.4 is 5.73 Å². The zero-order chi connectivity index (χ0) is 10.1. The van der Waals surface area contributed by atoms with Gasteiger partial charge in [0.15, 0.2) is 5.65 Å². The van der Waals surface area contributed by atoms with Gasteiger partial charge in [-0.15, -0.1) is 10.2 Å². The fourth-order valence-electron chi connectivity index (χ4n) is 1.52. The molecular formula is C10H14N4. The topological polar surface area (TPSA) is 56.2 Å². The van der Waals surface area contributed by atoms with Gasteiger partial charge in [-0.1, -0.05) is 6.07 Å². The summed E-state index contributed by atoms with van der Waals surface area (Å²) < 4.78 is 2.00. The van der Waals surface area contributed by atoms with E-state index in [1.54, 1.807) is 0 Å². The van der Waals surface area contributed by atoms with Crippen LogP contribution in [-0.2, 0) is 6.42 Å². The Morgan fingerprint density at radius 1 is 1.50 bits per heavy atom. The maximum Gasteiger partial charge on any atom is 0.163 e. The van der Waals surface area contributed by atoms with E-state index in [1.165, 1.54) is 0 Å². The normalized spacial score (nSPS) is 13.4. The van der Waals surface area contributed by atoms with Crippen LogP contribution >= 0.6 is 0 Å². The van der Waals surface area contributed by atoms with Gasteiger partial charge in [0.05, 0.1) is 0 Å². The summed E-state index contributed by atoms with van der Waals surface area (Å²) in [7, 11) is 0. The van der Waals surface area contributed by atoms with E-state index in [0.717, 1.165) is 23.5 Å². The number of hydrogen-bond donors (Lipinski definition) is 1. The fraction of sp³-hybridized carbons (Fsp3) is 0.400. The molecule has 0 aliphatic rings. The first kappa shape index (κ1) is 9.15. The van der Waals surface area contributed by atoms with E-state index in [1.807, 2.05) is 36.6 Å². The molecule has 2 N–H and O–H groups in total. The van der Waals surface area contributed by atoms with Crippen molar-refractivity contribution in [2.75, 3.05) is 0 Å². The quantitative estimate of drug-likeness (QED) is 0.766. The Bertz CT molecular complexity index is 444. The number of aryl methyl sites for hydroxylation is 1. The Balaban J connectivity index is 2.52. The average molecular weight is 190 g/mol. The van der Waals surface area contributed by atoms with Gasteiger partial charge in [0.25, 0.3) is 0 Å². The molecular weight excluding hydrogens is 176 g/mol. The molecule has 0 aliphatic heterocycles. The van der Waals surface area contributed by atoms with Gasteiger partial charge in [0, 0.05) is 18.7 Å². The summed E-state index contributed by atoms with van der Waals surface area (Å²) in [4.78, 5) is 0. The molecule has 0 saturated heterocycles. The van der Waals surface area contributed by atoms with Crippen molar-refractivity contribution in [3.63, 3.8) is 0 Å². The summed E-state index contributed by atoms with van der Waals surface area (Å²) in [6.07, 6.45) is 2.73. The van der Waals surface area contributed by atoms with Gasteiger partial charge in [-0.25, -0.2) is 0 Å². The fourth-order valence-corrected chi connectivity index (χ4v) is 1.52. The van der Waals surface area contributed by atoms with Crippen LogP contribution in [0, 0.1) is 6.92 Å². The molecule has 74 valence electrons. The van der Waals surface area contributed by atoms with Crippen molar-refractivity contribution in [3.05, 3.63) is 29.7 Å². The van der Waals surface area contributed by atoms with E-state index in [2.05, 4.69) is 10.2 Å². The minimum atomic E-state index is 0.114. The SMILES string of the molecule is Cc1cccn2c(CC(C)N)nnc12. The van der Waals surface area contributed by atoms with E-state index in [0.29, 0.717) is 0 Å². The van der Waals surface area contributed by atoms with Crippen molar-refractivity contribution in [1.29, 1.82) is 0 Å². The second-order valence-electron chi connectivity index (χ2n) is 3.68. The highest BCUT2D eigenvalue weighted by atomic mass is 15.2. The Kier molecular flexibility index (Phi) is 2.21. The number of pyridine rings is 1. The Morgan fingerprint density at radius 2 is 2.29 bits per heavy atom. The van der Waals surface area contributed by atoms with Gasteiger partial charge in [0.2, 0.25) is 0 Å². The average Bonchev–Trinajstić information content (AvgIpc) is 2.49. The van der Waals surface area contributed by atoms with E-state index in [-0.39, 0.29) is 6.04 Å². The molecule has 0 bridgehead atoms. The molecule has 14 heavy (non-hydrogen) atoms. The lowest BCUT2D eigenvalue weighted by molar-refractivity contribution is 0.695. The van der Waals surface area contributed by atoms with Crippen LogP contribution in [-0.4, -0.2) is 20.6 Å². The lowest BCUT2D eigenvalue weighted by atomic mass is 10.2. The smallest absolute Gasteiger partial charge is 0.163 e. The zero-order valence-electron chi connectivity index (χ0n) is 8.44. The third-order valence-corrected chi connectivity index (χ3v) is 2.21. The minimum absolute atomic E-state index is 0.114. The van der Waals surface area contributed by atoms with Crippen LogP contribution in [0.15, 0.2) is 18.3 Å². The third kappa shape index (κ3) is 1.48. The molecule has 0 saturated carbocycles. The lowest BCUT2D eigenvalue weighted by Crippen LogP contribution is -2.19. The molecule has 2 heterocycles. The standard InChI is InChI=1S/C10H14N4/c1-7-4-3-5-14-9(6-8(2)11)12-13-10(7)14/h3-5,8H,6,11H2,1-2H3. The Labute approximate surface area is 82.8 Å². The van der Waals surface area contributed by atoms with Gasteiger partial charge >= 0.3 is 0 Å². The maximum atomic E-state index is 5.73. The van der Waals surface area contributed by atoms with Crippen LogP contribution in [0.2, 0.25) is 0 Å². The highest BCUT2D eigenvalue weighted by molar-refractivity contribution is 5.46. The van der Waals surface area contributed by atoms with E-state index < -0.39 is 0 Å². The number of fused-ring (bicyclic) bond motifs is 1. The summed E-state index contributed by atoms with van der Waals surface area (Å²) in [5, 5.41) is 8.26. The minimum Gasteiger partial charge on any atom is -0.328 e. The molecule has 2 aromatic rings. The van der Waals surface area contributed by atoms with Crippen molar-refractivity contribution in [2.24, 2.45) is 5.73 Å². The summed E-state index contributed by atoms with van der Waals surface area (Å²) in [6, 6.07) is 4.14. The molecule has 0 radical (unpaired) electrons. The zero-order valence-corrected chi connectivity index (χ0v) is 8.44. The van der Waals surface area contributed by atoms with Crippen molar-refractivity contribution in [3.8, 4) is 0 Å². The molecule has 4 heteroatoms. The number of nitrogens with two attached hydrogens (primary N) is 1. The van der Waals surface area contributed by atoms with E-state index in [4.69, 9.17) is 5.73 Å². The molecule has 1 unspecified atom stereocenters. The first-order chi connectivity index (χ1) is 6.68. The number of aromatic nitrogens is 3. The van der Waals surface area contributed by atoms with Crippen molar-refractivity contribution >= 4 is 5.65 Å². The summed E-state index contributed by atoms with van der Waals surface area (Å²) in [6.45, 7) is 4.00. The van der Waals surface area contributed by atoms with Crippen LogP contribution in [0.3, 0.4) is 0 Å². The van der Waals surface area contributed by atoms with Crippen molar-refractivity contribution in [1.82, 2.24) is 14.6 Å². The molecule has 4 nitrogen and oxygen atoms in total. The van der Waals surface area contributed by atoms with Crippen LogP contribution in [0.1, 0.15) is 18.3 Å². The van der Waals surface area contributed by atoms with E-state index in [9.17, 15) is 0 Å². The Morgan fingerprint density at radius 3 is 3.00 bits per heavy atom. The second kappa shape index (κ2) is 3.38. The molecule has 0 spiro atoms. The second-order valence-corrected chi connectivity index (χ2v) is 3.68. The van der Waals surface area contributed by atoms with Crippen LogP contribution in [0.5, 0.6) is 0 Å². The molecule has 1 atom stereocenters. The predicted octanol–water partition coefficient (Wildman–Crippen LogP) is 0.927. The lowest BCUT2D eigenvalue weighted by Gasteiger charge is -2.03. The van der Waals surface area contributed by atoms with Gasteiger partial charge < -0.3 is 5.73 Å².